The third-order valence-electron chi connectivity index (χ3n) is 6.20. The lowest BCUT2D eigenvalue weighted by molar-refractivity contribution is -0.197. The molecule has 33 heavy (non-hydrogen) atoms. The third-order valence-corrected chi connectivity index (χ3v) is 6.63. The van der Waals surface area contributed by atoms with Crippen molar-refractivity contribution in [3.8, 4) is 11.1 Å². The summed E-state index contributed by atoms with van der Waals surface area (Å²) in [7, 11) is 0. The summed E-state index contributed by atoms with van der Waals surface area (Å²) in [6, 6.07) is 10.4. The van der Waals surface area contributed by atoms with Gasteiger partial charge in [-0.05, 0) is 36.0 Å². The average Bonchev–Trinajstić information content (AvgIpc) is 2.76. The first-order valence-electron chi connectivity index (χ1n) is 10.7. The van der Waals surface area contributed by atoms with Crippen molar-refractivity contribution in [2.24, 2.45) is 0 Å². The van der Waals surface area contributed by atoms with Gasteiger partial charge in [-0.15, -0.1) is 0 Å². The molecule has 9 heteroatoms. The number of nitrogens with one attached hydrogen (secondary N) is 1. The van der Waals surface area contributed by atoms with E-state index in [9.17, 15) is 27.6 Å². The van der Waals surface area contributed by atoms with Gasteiger partial charge >= 0.3 is 6.18 Å². The zero-order valence-corrected chi connectivity index (χ0v) is 18.4. The molecule has 174 valence electrons. The first-order valence-corrected chi connectivity index (χ1v) is 11.1. The number of likely N-dealkylation sites (tertiary alicyclic amines) is 1. The van der Waals surface area contributed by atoms with E-state index in [1.54, 1.807) is 42.5 Å². The Balaban J connectivity index is 1.56. The molecule has 2 heterocycles. The maximum atomic E-state index is 13.4. The van der Waals surface area contributed by atoms with E-state index >= 15 is 0 Å². The molecule has 0 saturated carbocycles. The van der Waals surface area contributed by atoms with Crippen LogP contribution in [-0.2, 0) is 20.9 Å². The highest BCUT2D eigenvalue weighted by atomic mass is 35.5. The molecule has 0 aliphatic carbocycles. The number of piperidine rings is 2. The number of amides is 3. The van der Waals surface area contributed by atoms with Crippen molar-refractivity contribution in [1.29, 1.82) is 0 Å². The van der Waals surface area contributed by atoms with Crippen LogP contribution in [0.4, 0.5) is 13.2 Å². The molecule has 0 spiro atoms. The highest BCUT2D eigenvalue weighted by molar-refractivity contribution is 6.34. The van der Waals surface area contributed by atoms with Crippen LogP contribution in [0.15, 0.2) is 42.5 Å². The van der Waals surface area contributed by atoms with E-state index in [2.05, 4.69) is 5.32 Å². The largest absolute Gasteiger partial charge is 0.408 e. The minimum absolute atomic E-state index is 0.0872. The lowest BCUT2D eigenvalue weighted by Gasteiger charge is -2.36. The molecule has 0 radical (unpaired) electrons. The number of rotatable bonds is 4. The SMILES string of the molecule is O=C1CCC(c2cccc(-c3ccc(CN4C(=O)CCCC4C(F)(F)F)cc3)c2Cl)C(=O)N1. The molecule has 2 fully saturated rings. The van der Waals surface area contributed by atoms with Crippen LogP contribution in [0.25, 0.3) is 11.1 Å². The standard InChI is InChI=1S/C24H22ClF3N2O3/c25-22-16(3-1-4-17(22)18-11-12-20(31)29-23(18)33)15-9-7-14(8-10-15)13-30-19(24(26,27)28)5-2-6-21(30)32/h1,3-4,7-10,18-19H,2,5-6,11-13H2,(H,29,31,33). The Morgan fingerprint density at radius 2 is 1.73 bits per heavy atom. The van der Waals surface area contributed by atoms with Gasteiger partial charge in [-0.1, -0.05) is 54.1 Å². The summed E-state index contributed by atoms with van der Waals surface area (Å²) >= 11 is 6.62. The van der Waals surface area contributed by atoms with Gasteiger partial charge in [0.2, 0.25) is 17.7 Å². The second-order valence-electron chi connectivity index (χ2n) is 8.38. The molecule has 2 aromatic rings. The molecule has 2 atom stereocenters. The van der Waals surface area contributed by atoms with Crippen LogP contribution in [0.2, 0.25) is 5.02 Å². The van der Waals surface area contributed by atoms with E-state index in [1.807, 2.05) is 0 Å². The molecule has 2 aromatic carbocycles. The number of halogens is 4. The minimum Gasteiger partial charge on any atom is -0.326 e. The first-order chi connectivity index (χ1) is 15.6. The summed E-state index contributed by atoms with van der Waals surface area (Å²) in [5, 5.41) is 2.72. The van der Waals surface area contributed by atoms with Crippen molar-refractivity contribution >= 4 is 29.3 Å². The first kappa shape index (κ1) is 23.3. The number of hydrogen-bond acceptors (Lipinski definition) is 3. The van der Waals surface area contributed by atoms with Gasteiger partial charge in [0, 0.05) is 24.9 Å². The molecule has 2 unspecified atom stereocenters. The predicted octanol–water partition coefficient (Wildman–Crippen LogP) is 4.97. The topological polar surface area (TPSA) is 66.5 Å². The number of carbonyl (C=O) groups excluding carboxylic acids is 3. The lowest BCUT2D eigenvalue weighted by atomic mass is 9.88. The summed E-state index contributed by atoms with van der Waals surface area (Å²) < 4.78 is 40.1. The predicted molar refractivity (Wildman–Crippen MR) is 116 cm³/mol. The fourth-order valence-corrected chi connectivity index (χ4v) is 4.84. The number of alkyl halides is 3. The molecule has 4 rings (SSSR count). The van der Waals surface area contributed by atoms with Crippen LogP contribution in [0, 0.1) is 0 Å². The van der Waals surface area contributed by atoms with Gasteiger partial charge < -0.3 is 4.90 Å². The van der Waals surface area contributed by atoms with E-state index in [1.165, 1.54) is 0 Å². The second kappa shape index (κ2) is 9.17. The maximum absolute atomic E-state index is 13.4. The van der Waals surface area contributed by atoms with Crippen LogP contribution >= 0.6 is 11.6 Å². The Bertz CT molecular complexity index is 1090. The van der Waals surface area contributed by atoms with Crippen LogP contribution in [0.5, 0.6) is 0 Å². The lowest BCUT2D eigenvalue weighted by Crippen LogP contribution is -2.50. The summed E-state index contributed by atoms with van der Waals surface area (Å²) in [6.45, 7) is -0.118. The molecule has 1 N–H and O–H groups in total. The van der Waals surface area contributed by atoms with Crippen molar-refractivity contribution in [2.75, 3.05) is 0 Å². The maximum Gasteiger partial charge on any atom is 0.408 e. The van der Waals surface area contributed by atoms with Crippen molar-refractivity contribution < 1.29 is 27.6 Å². The quantitative estimate of drug-likeness (QED) is 0.631. The Labute approximate surface area is 193 Å². The van der Waals surface area contributed by atoms with Crippen LogP contribution in [0.3, 0.4) is 0 Å². The van der Waals surface area contributed by atoms with E-state index < -0.39 is 24.0 Å². The average molecular weight is 479 g/mol. The highest BCUT2D eigenvalue weighted by Crippen LogP contribution is 2.38. The second-order valence-corrected chi connectivity index (χ2v) is 8.76. The van der Waals surface area contributed by atoms with Crippen LogP contribution in [0.1, 0.15) is 49.1 Å². The highest BCUT2D eigenvalue weighted by Gasteiger charge is 2.46. The van der Waals surface area contributed by atoms with Gasteiger partial charge in [-0.25, -0.2) is 0 Å². The summed E-state index contributed by atoms with van der Waals surface area (Å²) in [4.78, 5) is 36.8. The Morgan fingerprint density at radius 3 is 2.39 bits per heavy atom. The molecule has 2 aliphatic heterocycles. The Morgan fingerprint density at radius 1 is 1.00 bits per heavy atom. The number of nitrogens with zero attached hydrogens (tertiary/aromatic N) is 1. The summed E-state index contributed by atoms with van der Waals surface area (Å²) in [6.07, 6.45) is -3.58. The van der Waals surface area contributed by atoms with Gasteiger partial charge in [-0.2, -0.15) is 13.2 Å². The zero-order valence-electron chi connectivity index (χ0n) is 17.6. The third kappa shape index (κ3) is 4.90. The fourth-order valence-electron chi connectivity index (χ4n) is 4.48. The molecule has 3 amide bonds. The van der Waals surface area contributed by atoms with Gasteiger partial charge in [0.1, 0.15) is 6.04 Å². The summed E-state index contributed by atoms with van der Waals surface area (Å²) in [5.74, 6) is -1.71. The van der Waals surface area contributed by atoms with E-state index in [-0.39, 0.29) is 44.0 Å². The fraction of sp³-hybridized carbons (Fsp3) is 0.375. The van der Waals surface area contributed by atoms with E-state index in [0.717, 1.165) is 10.5 Å². The number of imide groups is 1. The number of carbonyl (C=O) groups is 3. The molecular formula is C24H22ClF3N2O3. The van der Waals surface area contributed by atoms with Crippen molar-refractivity contribution in [1.82, 2.24) is 10.2 Å². The zero-order chi connectivity index (χ0) is 23.8. The summed E-state index contributed by atoms with van der Waals surface area (Å²) in [5.41, 5.74) is 2.61. The van der Waals surface area contributed by atoms with E-state index in [0.29, 0.717) is 28.1 Å². The Hall–Kier alpha value is -2.87. The normalized spacial score (nSPS) is 21.8. The minimum atomic E-state index is -4.46. The molecule has 2 aliphatic rings. The molecule has 5 nitrogen and oxygen atoms in total. The van der Waals surface area contributed by atoms with Gasteiger partial charge in [0.15, 0.2) is 0 Å². The number of hydrogen-bond donors (Lipinski definition) is 1. The van der Waals surface area contributed by atoms with Crippen molar-refractivity contribution in [3.63, 3.8) is 0 Å². The molecule has 0 aromatic heterocycles. The van der Waals surface area contributed by atoms with Crippen LogP contribution in [-0.4, -0.2) is 34.8 Å². The van der Waals surface area contributed by atoms with Gasteiger partial charge in [-0.3, -0.25) is 19.7 Å². The molecular weight excluding hydrogens is 457 g/mol. The van der Waals surface area contributed by atoms with Crippen LogP contribution < -0.4 is 5.32 Å². The van der Waals surface area contributed by atoms with E-state index in [4.69, 9.17) is 11.6 Å². The monoisotopic (exact) mass is 478 g/mol. The van der Waals surface area contributed by atoms with Gasteiger partial charge in [0.25, 0.3) is 0 Å². The van der Waals surface area contributed by atoms with Crippen molar-refractivity contribution in [2.45, 2.75) is 56.8 Å². The molecule has 2 saturated heterocycles. The smallest absolute Gasteiger partial charge is 0.326 e. The number of benzene rings is 2. The van der Waals surface area contributed by atoms with Gasteiger partial charge in [0.05, 0.1) is 10.9 Å². The molecule has 0 bridgehead atoms. The van der Waals surface area contributed by atoms with Crippen molar-refractivity contribution in [3.05, 3.63) is 58.6 Å². The Kier molecular flexibility index (Phi) is 6.47.